The van der Waals surface area contributed by atoms with E-state index in [2.05, 4.69) is 33.8 Å². The number of furan rings is 1. The van der Waals surface area contributed by atoms with Crippen molar-refractivity contribution in [1.82, 2.24) is 19.6 Å². The summed E-state index contributed by atoms with van der Waals surface area (Å²) >= 11 is 0. The number of aromatic nitrogens is 4. The van der Waals surface area contributed by atoms with Crippen LogP contribution in [0.2, 0.25) is 0 Å². The van der Waals surface area contributed by atoms with Crippen molar-refractivity contribution in [3.63, 3.8) is 0 Å². The normalized spacial score (nSPS) is 17.0. The molecule has 0 unspecified atom stereocenters. The Morgan fingerprint density at radius 1 is 1.22 bits per heavy atom. The highest BCUT2D eigenvalue weighted by molar-refractivity contribution is 5.92. The minimum absolute atomic E-state index is 0.198. The highest BCUT2D eigenvalue weighted by Crippen LogP contribution is 2.34. The summed E-state index contributed by atoms with van der Waals surface area (Å²) in [5.74, 6) is 1.50. The summed E-state index contributed by atoms with van der Waals surface area (Å²) in [4.78, 5) is 22.8. The van der Waals surface area contributed by atoms with Crippen LogP contribution in [0.15, 0.2) is 45.9 Å². The molecule has 4 aromatic rings. The maximum absolute atomic E-state index is 11.7. The fourth-order valence-corrected chi connectivity index (χ4v) is 3.60. The molecule has 0 saturated carbocycles. The highest BCUT2D eigenvalue weighted by Gasteiger charge is 2.29. The molecule has 0 aliphatic carbocycles. The molecule has 0 bridgehead atoms. The number of imidazole rings is 1. The molecule has 8 nitrogen and oxygen atoms in total. The molecule has 5 heterocycles. The van der Waals surface area contributed by atoms with E-state index in [0.29, 0.717) is 23.7 Å². The quantitative estimate of drug-likeness (QED) is 0.587. The molecule has 138 valence electrons. The van der Waals surface area contributed by atoms with Gasteiger partial charge in [-0.25, -0.2) is 14.5 Å². The number of hydrogen-bond acceptors (Lipinski definition) is 6. The van der Waals surface area contributed by atoms with Gasteiger partial charge in [0.05, 0.1) is 23.8 Å². The molecule has 4 aromatic heterocycles. The van der Waals surface area contributed by atoms with Crippen molar-refractivity contribution in [2.45, 2.75) is 19.4 Å². The average molecular weight is 365 g/mol. The van der Waals surface area contributed by atoms with Gasteiger partial charge in [-0.05, 0) is 32.0 Å². The molecule has 1 aliphatic rings. The maximum atomic E-state index is 11.7. The maximum Gasteiger partial charge on any atom is 0.263 e. The minimum Gasteiger partial charge on any atom is -0.454 e. The van der Waals surface area contributed by atoms with Crippen LogP contribution in [0.25, 0.3) is 28.1 Å². The number of pyridine rings is 1. The third kappa shape index (κ3) is 2.69. The first-order valence-electron chi connectivity index (χ1n) is 8.85. The lowest BCUT2D eigenvalue weighted by Gasteiger charge is -2.38. The molecule has 0 amide bonds. The Bertz CT molecular complexity index is 1200. The topological polar surface area (TPSA) is 88.7 Å². The van der Waals surface area contributed by atoms with E-state index in [1.165, 1.54) is 6.07 Å². The predicted octanol–water partition coefficient (Wildman–Crippen LogP) is 2.45. The zero-order valence-electron chi connectivity index (χ0n) is 15.1. The number of aromatic amines is 1. The number of rotatable bonds is 2. The monoisotopic (exact) mass is 365 g/mol. The summed E-state index contributed by atoms with van der Waals surface area (Å²) < 4.78 is 13.5. The van der Waals surface area contributed by atoms with Crippen LogP contribution in [-0.2, 0) is 4.74 Å². The number of hydrogen-bond donors (Lipinski definition) is 1. The van der Waals surface area contributed by atoms with Crippen LogP contribution >= 0.6 is 0 Å². The third-order valence-corrected chi connectivity index (χ3v) is 4.80. The van der Waals surface area contributed by atoms with Crippen LogP contribution in [0.1, 0.15) is 13.8 Å². The standard InChI is InChI=1S/C19H19N5O3/c1-19(2)11-23(7-8-26-19)18-12-9-15(27-14(12)5-6-20-18)13-10-21-16-3-4-17(25)22-24(13)16/h3-6,9-10H,7-8,11H2,1-2H3,(H,22,25). The van der Waals surface area contributed by atoms with Gasteiger partial charge in [0.15, 0.2) is 11.4 Å². The van der Waals surface area contributed by atoms with E-state index in [0.717, 1.165) is 29.9 Å². The molecule has 0 atom stereocenters. The zero-order chi connectivity index (χ0) is 18.6. The van der Waals surface area contributed by atoms with Crippen molar-refractivity contribution in [3.05, 3.63) is 47.0 Å². The fourth-order valence-electron chi connectivity index (χ4n) is 3.60. The number of nitrogens with zero attached hydrogens (tertiary/aromatic N) is 4. The Morgan fingerprint density at radius 2 is 2.11 bits per heavy atom. The van der Waals surface area contributed by atoms with E-state index in [1.54, 1.807) is 23.0 Å². The Balaban J connectivity index is 1.64. The number of anilines is 1. The second-order valence-corrected chi connectivity index (χ2v) is 7.33. The summed E-state index contributed by atoms with van der Waals surface area (Å²) in [6.45, 7) is 6.34. The lowest BCUT2D eigenvalue weighted by molar-refractivity contribution is -0.0278. The van der Waals surface area contributed by atoms with Gasteiger partial charge in [0.25, 0.3) is 5.56 Å². The number of fused-ring (bicyclic) bond motifs is 2. The van der Waals surface area contributed by atoms with Gasteiger partial charge in [0.2, 0.25) is 0 Å². The van der Waals surface area contributed by atoms with Crippen LogP contribution in [0.5, 0.6) is 0 Å². The van der Waals surface area contributed by atoms with Crippen molar-refractivity contribution in [2.75, 3.05) is 24.6 Å². The average Bonchev–Trinajstić information content (AvgIpc) is 3.23. The van der Waals surface area contributed by atoms with Gasteiger partial charge >= 0.3 is 0 Å². The van der Waals surface area contributed by atoms with E-state index in [4.69, 9.17) is 9.15 Å². The van der Waals surface area contributed by atoms with Gasteiger partial charge in [-0.2, -0.15) is 0 Å². The molecule has 5 rings (SSSR count). The third-order valence-electron chi connectivity index (χ3n) is 4.80. The van der Waals surface area contributed by atoms with Crippen LogP contribution in [-0.4, -0.2) is 44.9 Å². The largest absolute Gasteiger partial charge is 0.454 e. The molecule has 1 saturated heterocycles. The number of H-pyrrole nitrogens is 1. The van der Waals surface area contributed by atoms with Gasteiger partial charge in [-0.1, -0.05) is 0 Å². The van der Waals surface area contributed by atoms with E-state index in [1.807, 2.05) is 12.1 Å². The number of morpholine rings is 1. The summed E-state index contributed by atoms with van der Waals surface area (Å²) in [6, 6.07) is 6.93. The van der Waals surface area contributed by atoms with Gasteiger partial charge < -0.3 is 14.1 Å². The fraction of sp³-hybridized carbons (Fsp3) is 0.316. The molecule has 0 spiro atoms. The first-order valence-corrected chi connectivity index (χ1v) is 8.85. The second kappa shape index (κ2) is 5.68. The molecule has 8 heteroatoms. The van der Waals surface area contributed by atoms with Gasteiger partial charge in [-0.15, -0.1) is 0 Å². The molecule has 1 fully saturated rings. The Morgan fingerprint density at radius 3 is 2.96 bits per heavy atom. The molecule has 0 radical (unpaired) electrons. The molecule has 0 aromatic carbocycles. The molecule has 1 N–H and O–H groups in total. The number of nitrogens with one attached hydrogen (secondary N) is 1. The lowest BCUT2D eigenvalue weighted by Crippen LogP contribution is -2.48. The second-order valence-electron chi connectivity index (χ2n) is 7.33. The van der Waals surface area contributed by atoms with Crippen LogP contribution in [0.4, 0.5) is 5.82 Å². The van der Waals surface area contributed by atoms with Crippen molar-refractivity contribution >= 4 is 22.4 Å². The van der Waals surface area contributed by atoms with E-state index in [9.17, 15) is 4.79 Å². The summed E-state index contributed by atoms with van der Waals surface area (Å²) in [5.41, 5.74) is 1.66. The van der Waals surface area contributed by atoms with Crippen molar-refractivity contribution in [3.8, 4) is 11.5 Å². The summed E-state index contributed by atoms with van der Waals surface area (Å²) in [6.07, 6.45) is 3.44. The van der Waals surface area contributed by atoms with E-state index < -0.39 is 0 Å². The smallest absolute Gasteiger partial charge is 0.263 e. The van der Waals surface area contributed by atoms with Crippen LogP contribution in [0, 0.1) is 0 Å². The van der Waals surface area contributed by atoms with E-state index >= 15 is 0 Å². The Kier molecular flexibility index (Phi) is 3.38. The molecular weight excluding hydrogens is 346 g/mol. The van der Waals surface area contributed by atoms with Gasteiger partial charge in [0.1, 0.15) is 17.1 Å². The van der Waals surface area contributed by atoms with Gasteiger partial charge in [0, 0.05) is 25.4 Å². The molecule has 27 heavy (non-hydrogen) atoms. The highest BCUT2D eigenvalue weighted by atomic mass is 16.5. The SMILES string of the molecule is CC1(C)CN(c2nccc3oc(-c4cnc5ccc(=O)[nH]n45)cc23)CCO1. The minimum atomic E-state index is -0.226. The molecule has 1 aliphatic heterocycles. The first kappa shape index (κ1) is 16.1. The van der Waals surface area contributed by atoms with Crippen LogP contribution in [0.3, 0.4) is 0 Å². The van der Waals surface area contributed by atoms with Crippen molar-refractivity contribution in [2.24, 2.45) is 0 Å². The van der Waals surface area contributed by atoms with Gasteiger partial charge in [-0.3, -0.25) is 9.89 Å². The van der Waals surface area contributed by atoms with Crippen LogP contribution < -0.4 is 10.5 Å². The van der Waals surface area contributed by atoms with Crippen molar-refractivity contribution in [1.29, 1.82) is 0 Å². The number of ether oxygens (including phenoxy) is 1. The molecular formula is C19H19N5O3. The first-order chi connectivity index (χ1) is 13.0. The lowest BCUT2D eigenvalue weighted by atomic mass is 10.1. The predicted molar refractivity (Wildman–Crippen MR) is 101 cm³/mol. The van der Waals surface area contributed by atoms with Crippen molar-refractivity contribution < 1.29 is 9.15 Å². The Labute approximate surface area is 154 Å². The van der Waals surface area contributed by atoms with E-state index in [-0.39, 0.29) is 11.2 Å². The summed E-state index contributed by atoms with van der Waals surface area (Å²) in [5, 5.41) is 3.70. The Hall–Kier alpha value is -3.13. The summed E-state index contributed by atoms with van der Waals surface area (Å²) in [7, 11) is 0. The zero-order valence-corrected chi connectivity index (χ0v) is 15.1.